The molecule has 2 heterocycles. The predicted octanol–water partition coefficient (Wildman–Crippen LogP) is 3.28. The molecule has 2 atom stereocenters. The molecule has 1 aliphatic heterocycles. The third-order valence-electron chi connectivity index (χ3n) is 4.86. The fraction of sp³-hybridized carbons (Fsp3) is 0.688. The van der Waals surface area contributed by atoms with E-state index in [1.165, 1.54) is 50.6 Å². The normalized spacial score (nSPS) is 27.8. The van der Waals surface area contributed by atoms with Gasteiger partial charge in [-0.3, -0.25) is 4.90 Å². The van der Waals surface area contributed by atoms with Crippen molar-refractivity contribution in [2.24, 2.45) is 5.92 Å². The minimum Gasteiger partial charge on any atom is -0.373 e. The van der Waals surface area contributed by atoms with Crippen LogP contribution in [0.4, 0.5) is 5.82 Å². The molecular formula is C16H25N3. The lowest BCUT2D eigenvalue weighted by atomic mass is 9.78. The van der Waals surface area contributed by atoms with Gasteiger partial charge in [0.2, 0.25) is 0 Å². The largest absolute Gasteiger partial charge is 0.373 e. The molecule has 1 N–H and O–H groups in total. The molecule has 1 aromatic rings. The molecule has 2 fully saturated rings. The molecule has 2 aliphatic rings. The Bertz CT molecular complexity index is 416. The van der Waals surface area contributed by atoms with Crippen molar-refractivity contribution in [1.29, 1.82) is 0 Å². The van der Waals surface area contributed by atoms with E-state index < -0.39 is 0 Å². The van der Waals surface area contributed by atoms with Crippen LogP contribution in [0, 0.1) is 5.92 Å². The summed E-state index contributed by atoms with van der Waals surface area (Å²) in [7, 11) is 1.96. The molecule has 1 saturated carbocycles. The van der Waals surface area contributed by atoms with Crippen LogP contribution >= 0.6 is 0 Å². The molecule has 1 aromatic heterocycles. The molecule has 3 rings (SSSR count). The van der Waals surface area contributed by atoms with Crippen molar-refractivity contribution in [3.8, 4) is 0 Å². The molecule has 0 aromatic carbocycles. The average molecular weight is 259 g/mol. The Morgan fingerprint density at radius 3 is 3.00 bits per heavy atom. The Hall–Kier alpha value is -1.09. The quantitative estimate of drug-likeness (QED) is 0.903. The van der Waals surface area contributed by atoms with Crippen LogP contribution < -0.4 is 5.32 Å². The van der Waals surface area contributed by atoms with Crippen molar-refractivity contribution in [1.82, 2.24) is 9.88 Å². The lowest BCUT2D eigenvalue weighted by Crippen LogP contribution is -2.46. The summed E-state index contributed by atoms with van der Waals surface area (Å²) >= 11 is 0. The zero-order valence-corrected chi connectivity index (χ0v) is 11.9. The summed E-state index contributed by atoms with van der Waals surface area (Å²) < 4.78 is 0. The van der Waals surface area contributed by atoms with Crippen molar-refractivity contribution in [2.45, 2.75) is 51.1 Å². The summed E-state index contributed by atoms with van der Waals surface area (Å²) in [4.78, 5) is 7.14. The van der Waals surface area contributed by atoms with E-state index in [9.17, 15) is 0 Å². The highest BCUT2D eigenvalue weighted by atomic mass is 15.2. The number of nitrogens with one attached hydrogen (secondary N) is 1. The van der Waals surface area contributed by atoms with Gasteiger partial charge in [-0.05, 0) is 44.2 Å². The number of aromatic nitrogens is 1. The van der Waals surface area contributed by atoms with Crippen LogP contribution in [-0.2, 0) is 6.54 Å². The van der Waals surface area contributed by atoms with Gasteiger partial charge in [0.05, 0.1) is 0 Å². The summed E-state index contributed by atoms with van der Waals surface area (Å²) in [6, 6.07) is 5.09. The van der Waals surface area contributed by atoms with Crippen molar-refractivity contribution in [2.75, 3.05) is 18.9 Å². The summed E-state index contributed by atoms with van der Waals surface area (Å²) in [5, 5.41) is 3.22. The van der Waals surface area contributed by atoms with Crippen LogP contribution in [0.2, 0.25) is 0 Å². The van der Waals surface area contributed by atoms with Crippen molar-refractivity contribution < 1.29 is 0 Å². The van der Waals surface area contributed by atoms with Crippen molar-refractivity contribution >= 4 is 5.82 Å². The molecule has 0 radical (unpaired) electrons. The van der Waals surface area contributed by atoms with Crippen LogP contribution in [0.1, 0.15) is 44.1 Å². The van der Waals surface area contributed by atoms with E-state index >= 15 is 0 Å². The van der Waals surface area contributed by atoms with Gasteiger partial charge in [-0.2, -0.15) is 0 Å². The highest BCUT2D eigenvalue weighted by Crippen LogP contribution is 2.36. The third kappa shape index (κ3) is 2.76. The fourth-order valence-electron chi connectivity index (χ4n) is 3.93. The fourth-order valence-corrected chi connectivity index (χ4v) is 3.93. The van der Waals surface area contributed by atoms with Gasteiger partial charge in [-0.1, -0.05) is 18.9 Å². The lowest BCUT2D eigenvalue weighted by molar-refractivity contribution is 0.0548. The molecule has 0 unspecified atom stereocenters. The minimum atomic E-state index is 0.826. The summed E-state index contributed by atoms with van der Waals surface area (Å²) in [5.74, 6) is 2.00. The summed E-state index contributed by atoms with van der Waals surface area (Å²) in [6.07, 6.45) is 10.4. The monoisotopic (exact) mass is 259 g/mol. The first-order valence-corrected chi connectivity index (χ1v) is 7.74. The van der Waals surface area contributed by atoms with Gasteiger partial charge in [-0.25, -0.2) is 4.98 Å². The van der Waals surface area contributed by atoms with Crippen LogP contribution in [-0.4, -0.2) is 29.5 Å². The van der Waals surface area contributed by atoms with E-state index in [2.05, 4.69) is 27.3 Å². The lowest BCUT2D eigenvalue weighted by Gasteiger charge is -2.44. The summed E-state index contributed by atoms with van der Waals surface area (Å²) in [5.41, 5.74) is 1.34. The first-order chi connectivity index (χ1) is 9.38. The number of pyridine rings is 1. The highest BCUT2D eigenvalue weighted by Gasteiger charge is 2.33. The van der Waals surface area contributed by atoms with Crippen LogP contribution in [0.3, 0.4) is 0 Å². The number of hydrogen-bond acceptors (Lipinski definition) is 3. The second-order valence-electron chi connectivity index (χ2n) is 5.99. The van der Waals surface area contributed by atoms with E-state index in [1.807, 2.05) is 13.2 Å². The zero-order valence-electron chi connectivity index (χ0n) is 11.9. The van der Waals surface area contributed by atoms with Crippen LogP contribution in [0.25, 0.3) is 0 Å². The predicted molar refractivity (Wildman–Crippen MR) is 79.2 cm³/mol. The molecule has 104 valence electrons. The number of fused-ring (bicyclic) bond motifs is 1. The second-order valence-corrected chi connectivity index (χ2v) is 5.99. The number of rotatable bonds is 3. The van der Waals surface area contributed by atoms with E-state index in [-0.39, 0.29) is 0 Å². The maximum atomic E-state index is 4.43. The van der Waals surface area contributed by atoms with Gasteiger partial charge < -0.3 is 5.32 Å². The van der Waals surface area contributed by atoms with Gasteiger partial charge in [0, 0.05) is 31.4 Å². The molecule has 19 heavy (non-hydrogen) atoms. The van der Waals surface area contributed by atoms with Gasteiger partial charge in [0.15, 0.2) is 0 Å². The van der Waals surface area contributed by atoms with Crippen molar-refractivity contribution in [3.63, 3.8) is 0 Å². The number of nitrogens with zero attached hydrogens (tertiary/aromatic N) is 2. The molecule has 0 bridgehead atoms. The Morgan fingerprint density at radius 2 is 2.11 bits per heavy atom. The molecular weight excluding hydrogens is 234 g/mol. The van der Waals surface area contributed by atoms with E-state index in [4.69, 9.17) is 0 Å². The number of hydrogen-bond donors (Lipinski definition) is 1. The zero-order chi connectivity index (χ0) is 13.1. The smallest absolute Gasteiger partial charge is 0.130 e. The van der Waals surface area contributed by atoms with Gasteiger partial charge in [0.1, 0.15) is 5.82 Å². The molecule has 0 spiro atoms. The van der Waals surface area contributed by atoms with Crippen LogP contribution in [0.5, 0.6) is 0 Å². The Balaban J connectivity index is 1.74. The first kappa shape index (κ1) is 12.9. The number of anilines is 1. The molecule has 3 heteroatoms. The number of piperidine rings is 1. The van der Waals surface area contributed by atoms with E-state index in [1.54, 1.807) is 0 Å². The van der Waals surface area contributed by atoms with E-state index in [0.717, 1.165) is 24.3 Å². The Morgan fingerprint density at radius 1 is 1.26 bits per heavy atom. The number of likely N-dealkylation sites (tertiary alicyclic amines) is 1. The molecule has 1 saturated heterocycles. The second kappa shape index (κ2) is 5.91. The topological polar surface area (TPSA) is 28.2 Å². The first-order valence-electron chi connectivity index (χ1n) is 7.74. The molecule has 1 aliphatic carbocycles. The van der Waals surface area contributed by atoms with E-state index in [0.29, 0.717) is 0 Å². The Labute approximate surface area is 116 Å². The maximum absolute atomic E-state index is 4.43. The minimum absolute atomic E-state index is 0.826. The standard InChI is InChI=1S/C16H25N3/c1-17-16-14(7-4-10-18-16)12-19-11-5-8-13-6-2-3-9-15(13)19/h4,7,10,13,15H,2-3,5-6,8-9,11-12H2,1H3,(H,17,18)/t13-,15-/m1/s1. The SMILES string of the molecule is CNc1ncccc1CN1CCC[C@H]2CCCC[C@H]21. The molecule has 3 nitrogen and oxygen atoms in total. The van der Waals surface area contributed by atoms with Gasteiger partial charge in [0.25, 0.3) is 0 Å². The van der Waals surface area contributed by atoms with Gasteiger partial charge >= 0.3 is 0 Å². The van der Waals surface area contributed by atoms with Gasteiger partial charge in [-0.15, -0.1) is 0 Å². The Kier molecular flexibility index (Phi) is 4.02. The average Bonchev–Trinajstić information content (AvgIpc) is 2.48. The summed E-state index contributed by atoms with van der Waals surface area (Å²) in [6.45, 7) is 2.32. The molecule has 0 amide bonds. The van der Waals surface area contributed by atoms with Crippen molar-refractivity contribution in [3.05, 3.63) is 23.9 Å². The maximum Gasteiger partial charge on any atom is 0.130 e. The van der Waals surface area contributed by atoms with Crippen LogP contribution in [0.15, 0.2) is 18.3 Å². The highest BCUT2D eigenvalue weighted by molar-refractivity contribution is 5.42. The third-order valence-corrected chi connectivity index (χ3v) is 4.86.